The van der Waals surface area contributed by atoms with Gasteiger partial charge in [-0.15, -0.1) is 10.2 Å². The molecule has 0 unspecified atom stereocenters. The Bertz CT molecular complexity index is 636. The molecule has 1 aliphatic heterocycles. The van der Waals surface area contributed by atoms with Crippen molar-refractivity contribution in [3.05, 3.63) is 17.5 Å². The van der Waals surface area contributed by atoms with Crippen LogP contribution in [0, 0.1) is 6.92 Å². The van der Waals surface area contributed by atoms with Crippen molar-refractivity contribution in [1.29, 1.82) is 0 Å². The molecule has 118 valence electrons. The highest BCUT2D eigenvalue weighted by molar-refractivity contribution is 8.01. The smallest absolute Gasteiger partial charge is 0.279 e. The van der Waals surface area contributed by atoms with Gasteiger partial charge in [-0.3, -0.25) is 10.1 Å². The van der Waals surface area contributed by atoms with Gasteiger partial charge in [0.05, 0.1) is 0 Å². The molecule has 1 saturated heterocycles. The summed E-state index contributed by atoms with van der Waals surface area (Å²) < 4.78 is 5.74. The number of nitrogens with zero attached hydrogens (tertiary/aromatic N) is 4. The molecule has 1 aliphatic rings. The minimum atomic E-state index is -0.332. The van der Waals surface area contributed by atoms with Crippen LogP contribution in [0.25, 0.3) is 0 Å². The van der Waals surface area contributed by atoms with Gasteiger partial charge in [0.2, 0.25) is 5.13 Å². The Kier molecular flexibility index (Phi) is 5.06. The quantitative estimate of drug-likeness (QED) is 0.638. The third-order valence-electron chi connectivity index (χ3n) is 3.32. The molecular formula is C13H17N5O2S2. The zero-order valence-corrected chi connectivity index (χ0v) is 13.9. The van der Waals surface area contributed by atoms with Crippen LogP contribution in [0.3, 0.4) is 0 Å². The topological polar surface area (TPSA) is 84.2 Å². The minimum absolute atomic E-state index is 0.246. The van der Waals surface area contributed by atoms with Crippen LogP contribution >= 0.6 is 23.1 Å². The van der Waals surface area contributed by atoms with Crippen LogP contribution in [0.5, 0.6) is 0 Å². The number of rotatable bonds is 6. The number of anilines is 1. The van der Waals surface area contributed by atoms with Gasteiger partial charge in [0, 0.05) is 18.4 Å². The molecule has 0 aromatic carbocycles. The molecule has 0 saturated carbocycles. The summed E-state index contributed by atoms with van der Waals surface area (Å²) >= 11 is 3.05. The lowest BCUT2D eigenvalue weighted by molar-refractivity contribution is 0.101. The highest BCUT2D eigenvalue weighted by Crippen LogP contribution is 2.26. The molecule has 0 aliphatic carbocycles. The standard InChI is InChI=1S/C13H17N5O2S2/c1-9-8-10(17-20-9)11(19)14-12-15-16-13(22-12)21-7-6-18-4-2-3-5-18/h8H,2-7H2,1H3,(H,14,15,19). The van der Waals surface area contributed by atoms with E-state index in [0.29, 0.717) is 10.9 Å². The Morgan fingerprint density at radius 1 is 1.45 bits per heavy atom. The lowest BCUT2D eigenvalue weighted by atomic mass is 10.4. The fourth-order valence-corrected chi connectivity index (χ4v) is 4.04. The first-order valence-electron chi connectivity index (χ1n) is 7.14. The second-order valence-corrected chi connectivity index (χ2v) is 7.37. The lowest BCUT2D eigenvalue weighted by Crippen LogP contribution is -2.21. The van der Waals surface area contributed by atoms with Crippen LogP contribution in [-0.4, -0.2) is 51.5 Å². The maximum Gasteiger partial charge on any atom is 0.279 e. The number of carbonyl (C=O) groups is 1. The average Bonchev–Trinajstić information content (AvgIpc) is 3.21. The van der Waals surface area contributed by atoms with E-state index in [-0.39, 0.29) is 11.6 Å². The zero-order chi connectivity index (χ0) is 15.4. The molecular weight excluding hydrogens is 322 g/mol. The fourth-order valence-electron chi connectivity index (χ4n) is 2.22. The summed E-state index contributed by atoms with van der Waals surface area (Å²) in [7, 11) is 0. The van der Waals surface area contributed by atoms with Crippen LogP contribution in [-0.2, 0) is 0 Å². The molecule has 0 bridgehead atoms. The van der Waals surface area contributed by atoms with Crippen molar-refractivity contribution in [1.82, 2.24) is 20.3 Å². The third kappa shape index (κ3) is 4.05. The van der Waals surface area contributed by atoms with Crippen LogP contribution < -0.4 is 5.32 Å². The van der Waals surface area contributed by atoms with Crippen molar-refractivity contribution < 1.29 is 9.32 Å². The molecule has 9 heteroatoms. The van der Waals surface area contributed by atoms with Crippen molar-refractivity contribution in [2.24, 2.45) is 0 Å². The molecule has 2 aromatic rings. The number of amides is 1. The summed E-state index contributed by atoms with van der Waals surface area (Å²) in [5.41, 5.74) is 0.246. The summed E-state index contributed by atoms with van der Waals surface area (Å²) in [6, 6.07) is 1.59. The van der Waals surface area contributed by atoms with E-state index in [9.17, 15) is 4.79 Å². The number of aromatic nitrogens is 3. The summed E-state index contributed by atoms with van der Waals surface area (Å²) in [6.07, 6.45) is 2.61. The van der Waals surface area contributed by atoms with Gasteiger partial charge in [0.25, 0.3) is 5.91 Å². The van der Waals surface area contributed by atoms with Gasteiger partial charge in [-0.05, 0) is 32.9 Å². The largest absolute Gasteiger partial charge is 0.361 e. The number of nitrogens with one attached hydrogen (secondary N) is 1. The number of carbonyl (C=O) groups excluding carboxylic acids is 1. The highest BCUT2D eigenvalue weighted by atomic mass is 32.2. The monoisotopic (exact) mass is 339 g/mol. The molecule has 1 amide bonds. The number of aryl methyl sites for hydroxylation is 1. The molecule has 7 nitrogen and oxygen atoms in total. The molecule has 1 fully saturated rings. The molecule has 1 N–H and O–H groups in total. The first-order chi connectivity index (χ1) is 10.7. The van der Waals surface area contributed by atoms with Crippen molar-refractivity contribution in [3.8, 4) is 0 Å². The predicted octanol–water partition coefficient (Wildman–Crippen LogP) is 2.27. The molecule has 2 aromatic heterocycles. The minimum Gasteiger partial charge on any atom is -0.361 e. The SMILES string of the molecule is Cc1cc(C(=O)Nc2nnc(SCCN3CCCC3)s2)no1. The lowest BCUT2D eigenvalue weighted by Gasteiger charge is -2.12. The second kappa shape index (κ2) is 7.21. The van der Waals surface area contributed by atoms with E-state index in [0.717, 1.165) is 16.6 Å². The first-order valence-corrected chi connectivity index (χ1v) is 8.94. The van der Waals surface area contributed by atoms with Gasteiger partial charge in [-0.25, -0.2) is 0 Å². The number of likely N-dealkylation sites (tertiary alicyclic amines) is 1. The van der Waals surface area contributed by atoms with E-state index in [1.54, 1.807) is 24.8 Å². The van der Waals surface area contributed by atoms with Gasteiger partial charge >= 0.3 is 0 Å². The number of hydrogen-bond donors (Lipinski definition) is 1. The molecule has 0 radical (unpaired) electrons. The van der Waals surface area contributed by atoms with Gasteiger partial charge in [-0.2, -0.15) is 0 Å². The summed E-state index contributed by atoms with van der Waals surface area (Å²) in [5, 5.41) is 14.9. The second-order valence-electron chi connectivity index (χ2n) is 5.05. The van der Waals surface area contributed by atoms with Gasteiger partial charge in [0.15, 0.2) is 10.0 Å². The molecule has 3 heterocycles. The molecule has 0 spiro atoms. The summed E-state index contributed by atoms with van der Waals surface area (Å²) in [5.74, 6) is 1.26. The van der Waals surface area contributed by atoms with E-state index in [2.05, 4.69) is 25.6 Å². The fraction of sp³-hybridized carbons (Fsp3) is 0.538. The van der Waals surface area contributed by atoms with E-state index < -0.39 is 0 Å². The summed E-state index contributed by atoms with van der Waals surface area (Å²) in [6.45, 7) is 5.22. The van der Waals surface area contributed by atoms with E-state index in [4.69, 9.17) is 4.52 Å². The number of thioether (sulfide) groups is 1. The normalized spacial score (nSPS) is 15.3. The van der Waals surface area contributed by atoms with Crippen molar-refractivity contribution in [3.63, 3.8) is 0 Å². The van der Waals surface area contributed by atoms with Crippen molar-refractivity contribution >= 4 is 34.1 Å². The Morgan fingerprint density at radius 2 is 2.27 bits per heavy atom. The van der Waals surface area contributed by atoms with Gasteiger partial charge in [0.1, 0.15) is 5.76 Å². The van der Waals surface area contributed by atoms with E-state index >= 15 is 0 Å². The molecule has 0 atom stereocenters. The van der Waals surface area contributed by atoms with E-state index in [1.165, 1.54) is 37.3 Å². The number of hydrogen-bond acceptors (Lipinski definition) is 8. The van der Waals surface area contributed by atoms with Crippen LogP contribution in [0.1, 0.15) is 29.1 Å². The van der Waals surface area contributed by atoms with E-state index in [1.807, 2.05) is 0 Å². The first kappa shape index (κ1) is 15.4. The molecule has 22 heavy (non-hydrogen) atoms. The Hall–Kier alpha value is -1.45. The highest BCUT2D eigenvalue weighted by Gasteiger charge is 2.15. The van der Waals surface area contributed by atoms with Crippen molar-refractivity contribution in [2.75, 3.05) is 30.7 Å². The van der Waals surface area contributed by atoms with Crippen molar-refractivity contribution in [2.45, 2.75) is 24.1 Å². The van der Waals surface area contributed by atoms with Gasteiger partial charge in [-0.1, -0.05) is 28.3 Å². The maximum atomic E-state index is 11.9. The Morgan fingerprint density at radius 3 is 3.00 bits per heavy atom. The maximum absolute atomic E-state index is 11.9. The van der Waals surface area contributed by atoms with Gasteiger partial charge < -0.3 is 9.42 Å². The van der Waals surface area contributed by atoms with Crippen LogP contribution in [0.4, 0.5) is 5.13 Å². The van der Waals surface area contributed by atoms with Crippen LogP contribution in [0.2, 0.25) is 0 Å². The zero-order valence-electron chi connectivity index (χ0n) is 12.2. The third-order valence-corrected chi connectivity index (χ3v) is 5.27. The Balaban J connectivity index is 1.47. The predicted molar refractivity (Wildman–Crippen MR) is 85.5 cm³/mol. The summed E-state index contributed by atoms with van der Waals surface area (Å²) in [4.78, 5) is 14.4. The van der Waals surface area contributed by atoms with Crippen LogP contribution in [0.15, 0.2) is 14.9 Å². The average molecular weight is 339 g/mol. The molecule has 3 rings (SSSR count). The Labute approximate surface area is 136 Å².